The lowest BCUT2D eigenvalue weighted by atomic mass is 10.3. The van der Waals surface area contributed by atoms with Crippen molar-refractivity contribution in [1.29, 1.82) is 0 Å². The number of thiophene rings is 1. The van der Waals surface area contributed by atoms with Gasteiger partial charge in [0.05, 0.1) is 10.9 Å². The maximum absolute atomic E-state index is 5.73. The van der Waals surface area contributed by atoms with Crippen LogP contribution in [0.5, 0.6) is 5.75 Å². The minimum atomic E-state index is 0.450. The molecule has 2 rings (SSSR count). The van der Waals surface area contributed by atoms with Crippen LogP contribution in [0, 0.1) is 0 Å². The highest BCUT2D eigenvalue weighted by molar-refractivity contribution is 9.11. The number of hydrogen-bond donors (Lipinski definition) is 1. The zero-order valence-electron chi connectivity index (χ0n) is 9.44. The third-order valence-corrected chi connectivity index (χ3v) is 4.76. The van der Waals surface area contributed by atoms with Crippen molar-refractivity contribution in [1.82, 2.24) is 4.37 Å². The Hall–Kier alpha value is -0.790. The van der Waals surface area contributed by atoms with E-state index in [1.807, 2.05) is 7.05 Å². The summed E-state index contributed by atoms with van der Waals surface area (Å²) in [5, 5.41) is 3.07. The molecule has 0 radical (unpaired) electrons. The second-order valence-corrected chi connectivity index (χ2v) is 6.56. The minimum Gasteiger partial charge on any atom is -0.490 e. The zero-order valence-corrected chi connectivity index (χ0v) is 12.7. The van der Waals surface area contributed by atoms with Crippen LogP contribution in [0.2, 0.25) is 0 Å². The van der Waals surface area contributed by atoms with E-state index in [1.54, 1.807) is 18.4 Å². The smallest absolute Gasteiger partial charge is 0.197 e. The number of rotatable bonds is 4. The topological polar surface area (TPSA) is 51.4 Å². The van der Waals surface area contributed by atoms with Crippen molar-refractivity contribution in [3.05, 3.63) is 20.8 Å². The van der Waals surface area contributed by atoms with Gasteiger partial charge < -0.3 is 15.4 Å². The van der Waals surface area contributed by atoms with Gasteiger partial charge >= 0.3 is 0 Å². The third kappa shape index (κ3) is 2.72. The molecule has 2 heterocycles. The van der Waals surface area contributed by atoms with E-state index in [1.165, 1.54) is 17.1 Å². The minimum absolute atomic E-state index is 0.450. The number of aromatic nitrogens is 1. The standard InChI is InChI=1S/C10H12BrN3OS2/c1-14(4-6-3-7(11)16-5-6)10-8(15-2)9(12)13-17-10/h3,5H,4H2,1-2H3,(H2,12,13). The monoisotopic (exact) mass is 333 g/mol. The van der Waals surface area contributed by atoms with Gasteiger partial charge in [0, 0.05) is 13.6 Å². The van der Waals surface area contributed by atoms with Crippen molar-refractivity contribution < 1.29 is 4.74 Å². The first-order valence-electron chi connectivity index (χ1n) is 4.85. The summed E-state index contributed by atoms with van der Waals surface area (Å²) < 4.78 is 10.5. The fourth-order valence-corrected chi connectivity index (χ4v) is 3.44. The number of halogens is 1. The molecule has 0 amide bonds. The number of nitrogens with two attached hydrogens (primary N) is 1. The molecule has 0 saturated carbocycles. The van der Waals surface area contributed by atoms with Crippen LogP contribution in [0.4, 0.5) is 10.8 Å². The van der Waals surface area contributed by atoms with E-state index < -0.39 is 0 Å². The van der Waals surface area contributed by atoms with Crippen molar-refractivity contribution in [3.8, 4) is 5.75 Å². The number of nitrogen functional groups attached to an aromatic ring is 1. The SMILES string of the molecule is COc1c(N)nsc1N(C)Cc1csc(Br)c1. The van der Waals surface area contributed by atoms with Crippen molar-refractivity contribution in [2.45, 2.75) is 6.54 Å². The molecular weight excluding hydrogens is 322 g/mol. The normalized spacial score (nSPS) is 10.5. The quantitative estimate of drug-likeness (QED) is 0.933. The lowest BCUT2D eigenvalue weighted by molar-refractivity contribution is 0.418. The molecule has 0 fully saturated rings. The van der Waals surface area contributed by atoms with E-state index in [-0.39, 0.29) is 0 Å². The molecule has 0 saturated heterocycles. The number of methoxy groups -OCH3 is 1. The highest BCUT2D eigenvalue weighted by Gasteiger charge is 2.16. The van der Waals surface area contributed by atoms with Crippen molar-refractivity contribution in [2.75, 3.05) is 24.8 Å². The van der Waals surface area contributed by atoms with Gasteiger partial charge in [0.2, 0.25) is 0 Å². The zero-order chi connectivity index (χ0) is 12.4. The highest BCUT2D eigenvalue weighted by Crippen LogP contribution is 2.38. The van der Waals surface area contributed by atoms with Gasteiger partial charge in [-0.05, 0) is 44.5 Å². The van der Waals surface area contributed by atoms with Gasteiger partial charge in [-0.1, -0.05) is 0 Å². The molecule has 2 aromatic heterocycles. The molecule has 0 spiro atoms. The van der Waals surface area contributed by atoms with Crippen LogP contribution in [0.25, 0.3) is 0 Å². The molecule has 0 aromatic carbocycles. The average molecular weight is 334 g/mol. The fourth-order valence-electron chi connectivity index (χ4n) is 1.49. The van der Waals surface area contributed by atoms with Crippen molar-refractivity contribution in [3.63, 3.8) is 0 Å². The van der Waals surface area contributed by atoms with Gasteiger partial charge in [0.1, 0.15) is 0 Å². The molecule has 0 aliphatic carbocycles. The summed E-state index contributed by atoms with van der Waals surface area (Å²) in [7, 11) is 3.61. The molecule has 0 unspecified atom stereocenters. The summed E-state index contributed by atoms with van der Waals surface area (Å²) in [5.74, 6) is 1.11. The fraction of sp³-hybridized carbons (Fsp3) is 0.300. The van der Waals surface area contributed by atoms with Crippen LogP contribution in [0.1, 0.15) is 5.56 Å². The van der Waals surface area contributed by atoms with E-state index in [0.717, 1.165) is 15.3 Å². The summed E-state index contributed by atoms with van der Waals surface area (Å²) in [6.07, 6.45) is 0. The summed E-state index contributed by atoms with van der Waals surface area (Å²) >= 11 is 6.49. The van der Waals surface area contributed by atoms with Crippen LogP contribution in [-0.4, -0.2) is 18.5 Å². The van der Waals surface area contributed by atoms with E-state index in [2.05, 4.69) is 36.6 Å². The van der Waals surface area contributed by atoms with Crippen molar-refractivity contribution in [2.24, 2.45) is 0 Å². The van der Waals surface area contributed by atoms with Gasteiger partial charge in [0.25, 0.3) is 0 Å². The van der Waals surface area contributed by atoms with E-state index in [0.29, 0.717) is 11.6 Å². The molecular formula is C10H12BrN3OS2. The van der Waals surface area contributed by atoms with Crippen molar-refractivity contribution >= 4 is 49.6 Å². The predicted molar refractivity (Wildman–Crippen MR) is 77.2 cm³/mol. The molecule has 17 heavy (non-hydrogen) atoms. The molecule has 7 heteroatoms. The number of anilines is 2. The van der Waals surface area contributed by atoms with Crippen LogP contribution >= 0.6 is 38.8 Å². The summed E-state index contributed by atoms with van der Waals surface area (Å²) in [6.45, 7) is 0.806. The Kier molecular flexibility index (Phi) is 3.90. The molecule has 4 nitrogen and oxygen atoms in total. The molecule has 92 valence electrons. The van der Waals surface area contributed by atoms with Gasteiger partial charge in [-0.25, -0.2) is 0 Å². The summed E-state index contributed by atoms with van der Waals surface area (Å²) in [5.41, 5.74) is 6.98. The molecule has 0 atom stereocenters. The first kappa shape index (κ1) is 12.7. The molecule has 0 bridgehead atoms. The van der Waals surface area contributed by atoms with Gasteiger partial charge in [-0.15, -0.1) is 11.3 Å². The first-order valence-corrected chi connectivity index (χ1v) is 7.29. The Morgan fingerprint density at radius 1 is 1.59 bits per heavy atom. The van der Waals surface area contributed by atoms with Gasteiger partial charge in [0.15, 0.2) is 16.6 Å². The Balaban J connectivity index is 2.16. The lowest BCUT2D eigenvalue weighted by Gasteiger charge is -2.17. The lowest BCUT2D eigenvalue weighted by Crippen LogP contribution is -2.15. The maximum atomic E-state index is 5.73. The third-order valence-electron chi connectivity index (χ3n) is 2.25. The Bertz CT molecular complexity index is 511. The number of ether oxygens (including phenoxy) is 1. The highest BCUT2D eigenvalue weighted by atomic mass is 79.9. The Morgan fingerprint density at radius 2 is 2.35 bits per heavy atom. The molecule has 2 N–H and O–H groups in total. The molecule has 0 aliphatic heterocycles. The number of hydrogen-bond acceptors (Lipinski definition) is 6. The summed E-state index contributed by atoms with van der Waals surface area (Å²) in [4.78, 5) is 2.08. The van der Waals surface area contributed by atoms with Crippen LogP contribution in [-0.2, 0) is 6.54 Å². The van der Waals surface area contributed by atoms with E-state index in [4.69, 9.17) is 10.5 Å². The average Bonchev–Trinajstić information content (AvgIpc) is 2.84. The predicted octanol–water partition coefficient (Wildman–Crippen LogP) is 3.19. The summed E-state index contributed by atoms with van der Waals surface area (Å²) in [6, 6.07) is 2.11. The van der Waals surface area contributed by atoms with Crippen LogP contribution < -0.4 is 15.4 Å². The van der Waals surface area contributed by atoms with Gasteiger partial charge in [-0.3, -0.25) is 0 Å². The van der Waals surface area contributed by atoms with E-state index >= 15 is 0 Å². The molecule has 0 aliphatic rings. The second-order valence-electron chi connectivity index (χ2n) is 3.52. The van der Waals surface area contributed by atoms with Gasteiger partial charge in [-0.2, -0.15) is 4.37 Å². The maximum Gasteiger partial charge on any atom is 0.197 e. The molecule has 2 aromatic rings. The Morgan fingerprint density at radius 3 is 2.94 bits per heavy atom. The Labute approximate surface area is 116 Å². The van der Waals surface area contributed by atoms with E-state index in [9.17, 15) is 0 Å². The largest absolute Gasteiger partial charge is 0.490 e. The first-order chi connectivity index (χ1) is 8.11. The number of nitrogens with zero attached hydrogens (tertiary/aromatic N) is 2. The van der Waals surface area contributed by atoms with Crippen LogP contribution in [0.15, 0.2) is 15.2 Å². The van der Waals surface area contributed by atoms with Crippen LogP contribution in [0.3, 0.4) is 0 Å². The second kappa shape index (κ2) is 5.24.